The molecular weight excluding hydrogens is 757 g/mol. The van der Waals surface area contributed by atoms with Crippen LogP contribution in [0.25, 0.3) is 33.6 Å². The zero-order chi connectivity index (χ0) is 42.0. The Morgan fingerprint density at radius 1 is 0.814 bits per heavy atom. The zero-order valence-corrected chi connectivity index (χ0v) is 34.4. The molecule has 0 radical (unpaired) electrons. The maximum absolute atomic E-state index is 14.0. The molecule has 4 aromatic rings. The van der Waals surface area contributed by atoms with Gasteiger partial charge in [-0.3, -0.25) is 14.5 Å². The van der Waals surface area contributed by atoms with Gasteiger partial charge in [0.05, 0.1) is 62.7 Å². The summed E-state index contributed by atoms with van der Waals surface area (Å²) in [5.74, 6) is -0.509. The Morgan fingerprint density at radius 2 is 1.36 bits per heavy atom. The van der Waals surface area contributed by atoms with Crippen molar-refractivity contribution >= 4 is 24.0 Å². The van der Waals surface area contributed by atoms with Crippen molar-refractivity contribution in [2.24, 2.45) is 11.8 Å². The number of imidazole rings is 2. The van der Waals surface area contributed by atoms with E-state index in [1.54, 1.807) is 22.2 Å². The van der Waals surface area contributed by atoms with Gasteiger partial charge in [-0.2, -0.15) is 0 Å². The molecular formula is C43H54N8O8. The summed E-state index contributed by atoms with van der Waals surface area (Å²) in [5.41, 5.74) is 5.54. The highest BCUT2D eigenvalue weighted by atomic mass is 16.7. The predicted octanol–water partition coefficient (Wildman–Crippen LogP) is 6.22. The topological polar surface area (TPSA) is 195 Å². The number of hydrogen-bond donors (Lipinski definition) is 4. The summed E-state index contributed by atoms with van der Waals surface area (Å²) in [6, 6.07) is 14.0. The molecule has 0 saturated carbocycles. The summed E-state index contributed by atoms with van der Waals surface area (Å²) >= 11 is 0. The number of benzene rings is 2. The van der Waals surface area contributed by atoms with E-state index in [1.807, 2.05) is 64.1 Å². The van der Waals surface area contributed by atoms with Crippen molar-refractivity contribution in [3.63, 3.8) is 0 Å². The number of aromatic nitrogens is 4. The maximum Gasteiger partial charge on any atom is 0.407 e. The van der Waals surface area contributed by atoms with Crippen molar-refractivity contribution < 1.29 is 38.5 Å². The Bertz CT molecular complexity index is 2120. The first-order chi connectivity index (χ1) is 28.3. The van der Waals surface area contributed by atoms with Gasteiger partial charge in [-0.25, -0.2) is 19.6 Å². The average Bonchev–Trinajstić information content (AvgIpc) is 4.07. The van der Waals surface area contributed by atoms with Crippen LogP contribution in [-0.4, -0.2) is 122 Å². The van der Waals surface area contributed by atoms with E-state index in [0.29, 0.717) is 37.8 Å². The first-order valence-electron chi connectivity index (χ1n) is 20.3. The van der Waals surface area contributed by atoms with E-state index in [1.165, 1.54) is 14.2 Å². The number of nitrogens with zero attached hydrogens (tertiary/aromatic N) is 5. The van der Waals surface area contributed by atoms with Gasteiger partial charge >= 0.3 is 12.2 Å². The fourth-order valence-corrected chi connectivity index (χ4v) is 8.51. The summed E-state index contributed by atoms with van der Waals surface area (Å²) in [4.78, 5) is 72.4. The molecule has 2 aromatic carbocycles. The number of nitrogens with one attached hydrogen (secondary N) is 3. The van der Waals surface area contributed by atoms with Crippen LogP contribution in [0.3, 0.4) is 0 Å². The van der Waals surface area contributed by atoms with Crippen LogP contribution in [0.5, 0.6) is 0 Å². The lowest BCUT2D eigenvalue weighted by atomic mass is 10.0. The molecule has 16 heteroatoms. The number of likely N-dealkylation sites (tertiary alicyclic amines) is 2. The third kappa shape index (κ3) is 8.55. The first kappa shape index (κ1) is 41.4. The summed E-state index contributed by atoms with van der Waals surface area (Å²) in [7, 11) is 2.72. The van der Waals surface area contributed by atoms with Crippen molar-refractivity contribution in [2.45, 2.75) is 83.3 Å². The minimum Gasteiger partial charge on any atom is -0.465 e. The number of alkyl carbamates (subject to hydrolysis) is 1. The van der Waals surface area contributed by atoms with Gasteiger partial charge < -0.3 is 44.4 Å². The van der Waals surface area contributed by atoms with E-state index in [4.69, 9.17) is 19.2 Å². The van der Waals surface area contributed by atoms with Gasteiger partial charge in [0.15, 0.2) is 5.79 Å². The molecule has 7 rings (SSSR count). The number of H-pyrrole nitrogens is 2. The fourth-order valence-electron chi connectivity index (χ4n) is 8.51. The molecule has 16 nitrogen and oxygen atoms in total. The Labute approximate surface area is 343 Å². The maximum atomic E-state index is 14.0. The van der Waals surface area contributed by atoms with Gasteiger partial charge in [0.2, 0.25) is 11.8 Å². The van der Waals surface area contributed by atoms with Crippen molar-refractivity contribution in [3.05, 3.63) is 72.6 Å². The van der Waals surface area contributed by atoms with Crippen molar-refractivity contribution in [1.29, 1.82) is 0 Å². The summed E-state index contributed by atoms with van der Waals surface area (Å²) in [5, 5.41) is 12.3. The van der Waals surface area contributed by atoms with Crippen molar-refractivity contribution in [3.8, 4) is 33.6 Å². The van der Waals surface area contributed by atoms with E-state index in [-0.39, 0.29) is 36.2 Å². The largest absolute Gasteiger partial charge is 0.465 e. The van der Waals surface area contributed by atoms with Gasteiger partial charge in [0.1, 0.15) is 23.7 Å². The molecule has 3 fully saturated rings. The predicted molar refractivity (Wildman–Crippen MR) is 218 cm³/mol. The lowest BCUT2D eigenvalue weighted by Crippen LogP contribution is -2.52. The SMILES string of the molecule is COC(=O)N[C@H](C(=O)N1CC2(C[C@H]1c1ncc(-c3ccc(-c4ccc(-c5cnc([C@@H]6CCCN6C(=O)[C@H](C(C)C)N(C)C(=O)O)[nH]5)cc4)cc3)[nH]1)OCCCO2)C(C)C. The van der Waals surface area contributed by atoms with Gasteiger partial charge in [-0.05, 0) is 53.4 Å². The third-order valence-electron chi connectivity index (χ3n) is 11.7. The standard InChI is InChI=1S/C43H54N8O8/c1-25(2)35(48-41(54)57-6)39(52)51-24-43(58-19-8-20-59-43)21-34(51)38-45-23-32(47-38)30-16-12-28(13-17-30)27-10-14-29(15-11-27)31-22-44-37(46-31)33-9-7-18-50(33)40(53)36(26(3)4)49(5)42(55)56/h10-17,22-23,25-26,33-36H,7-9,18-21,24H2,1-6H3,(H,44,46)(H,45,47)(H,48,54)(H,55,56)/t33-,34-,35-,36-/m0/s1. The Balaban J connectivity index is 1.04. The number of amides is 4. The number of methoxy groups -OCH3 is 1. The second kappa shape index (κ2) is 17.2. The van der Waals surface area contributed by atoms with Crippen LogP contribution >= 0.6 is 0 Å². The van der Waals surface area contributed by atoms with Crippen molar-refractivity contribution in [2.75, 3.05) is 40.5 Å². The van der Waals surface area contributed by atoms with E-state index in [9.17, 15) is 24.3 Å². The summed E-state index contributed by atoms with van der Waals surface area (Å²) in [6.07, 6.45) is 4.46. The van der Waals surface area contributed by atoms with Gasteiger partial charge in [-0.15, -0.1) is 0 Å². The third-order valence-corrected chi connectivity index (χ3v) is 11.7. The highest BCUT2D eigenvalue weighted by Crippen LogP contribution is 2.42. The smallest absolute Gasteiger partial charge is 0.407 e. The second-order valence-electron chi connectivity index (χ2n) is 16.3. The molecule has 314 valence electrons. The van der Waals surface area contributed by atoms with Crippen LogP contribution in [0.2, 0.25) is 0 Å². The second-order valence-corrected chi connectivity index (χ2v) is 16.3. The van der Waals surface area contributed by atoms with E-state index in [0.717, 1.165) is 57.8 Å². The molecule has 0 unspecified atom stereocenters. The molecule has 59 heavy (non-hydrogen) atoms. The van der Waals surface area contributed by atoms with Gasteiger partial charge in [0.25, 0.3) is 0 Å². The quantitative estimate of drug-likeness (QED) is 0.135. The van der Waals surface area contributed by atoms with Crippen LogP contribution in [0.4, 0.5) is 9.59 Å². The minimum absolute atomic E-state index is 0.180. The fraction of sp³-hybridized carbons (Fsp3) is 0.488. The zero-order valence-electron chi connectivity index (χ0n) is 34.4. The highest BCUT2D eigenvalue weighted by Gasteiger charge is 2.52. The number of carboxylic acid groups (broad SMARTS) is 1. The molecule has 4 atom stereocenters. The first-order valence-corrected chi connectivity index (χ1v) is 20.3. The molecule has 3 aliphatic heterocycles. The average molecular weight is 811 g/mol. The molecule has 4 N–H and O–H groups in total. The van der Waals surface area contributed by atoms with E-state index >= 15 is 0 Å². The van der Waals surface area contributed by atoms with E-state index in [2.05, 4.69) is 32.4 Å². The number of rotatable bonds is 11. The number of hydrogen-bond acceptors (Lipinski definition) is 9. The number of aromatic amines is 2. The molecule has 2 aromatic heterocycles. The normalized spacial score (nSPS) is 19.9. The lowest BCUT2D eigenvalue weighted by molar-refractivity contribution is -0.257. The monoisotopic (exact) mass is 810 g/mol. The van der Waals surface area contributed by atoms with Crippen LogP contribution in [0.15, 0.2) is 60.9 Å². The number of carbonyl (C=O) groups is 4. The molecule has 4 amide bonds. The van der Waals surface area contributed by atoms with Gasteiger partial charge in [-0.1, -0.05) is 76.2 Å². The molecule has 5 heterocycles. The van der Waals surface area contributed by atoms with Crippen LogP contribution < -0.4 is 5.32 Å². The Morgan fingerprint density at radius 3 is 1.86 bits per heavy atom. The Hall–Kier alpha value is -5.74. The molecule has 0 aliphatic carbocycles. The molecule has 3 aliphatic rings. The van der Waals surface area contributed by atoms with E-state index < -0.39 is 36.1 Å². The van der Waals surface area contributed by atoms with Crippen LogP contribution in [0.1, 0.15) is 77.1 Å². The summed E-state index contributed by atoms with van der Waals surface area (Å²) in [6.45, 7) is 9.28. The van der Waals surface area contributed by atoms with Crippen molar-refractivity contribution in [1.82, 2.24) is 40.0 Å². The van der Waals surface area contributed by atoms with Gasteiger partial charge in [0, 0.05) is 20.0 Å². The molecule has 1 spiro atoms. The lowest BCUT2D eigenvalue weighted by Gasteiger charge is -2.34. The van der Waals surface area contributed by atoms with Crippen LogP contribution in [0, 0.1) is 11.8 Å². The number of likely N-dealkylation sites (N-methyl/N-ethyl adjacent to an activating group) is 1. The highest BCUT2D eigenvalue weighted by molar-refractivity contribution is 5.87. The molecule has 3 saturated heterocycles. The Kier molecular flexibility index (Phi) is 12.1. The summed E-state index contributed by atoms with van der Waals surface area (Å²) < 4.78 is 17.1. The van der Waals surface area contributed by atoms with Crippen LogP contribution in [-0.2, 0) is 23.8 Å². The minimum atomic E-state index is -1.13. The molecule has 0 bridgehead atoms. The number of carbonyl (C=O) groups excluding carboxylic acids is 3. The number of ether oxygens (including phenoxy) is 3.